The van der Waals surface area contributed by atoms with Crippen molar-refractivity contribution in [2.75, 3.05) is 25.1 Å². The molecule has 0 spiro atoms. The topological polar surface area (TPSA) is 85.9 Å². The molecule has 0 saturated carbocycles. The molecule has 0 fully saturated rings. The van der Waals surface area contributed by atoms with Crippen molar-refractivity contribution in [1.29, 1.82) is 0 Å². The summed E-state index contributed by atoms with van der Waals surface area (Å²) in [7, 11) is 0. The maximum absolute atomic E-state index is 12.6. The van der Waals surface area contributed by atoms with Crippen molar-refractivity contribution in [1.82, 2.24) is 5.32 Å². The highest BCUT2D eigenvalue weighted by molar-refractivity contribution is 7.80. The van der Waals surface area contributed by atoms with E-state index in [1.165, 1.54) is 0 Å². The van der Waals surface area contributed by atoms with E-state index in [9.17, 15) is 9.59 Å². The fourth-order valence-electron chi connectivity index (χ4n) is 2.44. The normalized spacial score (nSPS) is 10.0. The van der Waals surface area contributed by atoms with Gasteiger partial charge in [-0.05, 0) is 69.4 Å². The third kappa shape index (κ3) is 6.76. The number of rotatable bonds is 8. The first-order valence-corrected chi connectivity index (χ1v) is 9.67. The fraction of sp³-hybridized carbons (Fsp3) is 0.286. The van der Waals surface area contributed by atoms with Gasteiger partial charge in [0.1, 0.15) is 11.5 Å². The number of amides is 1. The van der Waals surface area contributed by atoms with E-state index >= 15 is 0 Å². The molecule has 2 aromatic carbocycles. The highest BCUT2D eigenvalue weighted by atomic mass is 32.1. The van der Waals surface area contributed by atoms with Crippen molar-refractivity contribution >= 4 is 34.9 Å². The summed E-state index contributed by atoms with van der Waals surface area (Å²) in [6, 6.07) is 11.6. The van der Waals surface area contributed by atoms with Crippen molar-refractivity contribution in [3.05, 3.63) is 53.6 Å². The molecule has 0 aliphatic heterocycles. The highest BCUT2D eigenvalue weighted by Gasteiger charge is 2.12. The standard InChI is InChI=1S/C21H24N2O5S/c1-4-26-17-11-15(12-18(13-17)27-5-2)19(24)23-21(29)22-16-9-7-14(8-10-16)20(25)28-6-3/h7-13H,4-6H2,1-3H3,(H2,22,23,24,29). The molecule has 0 atom stereocenters. The number of carbonyl (C=O) groups is 2. The minimum atomic E-state index is -0.395. The third-order valence-electron chi connectivity index (χ3n) is 3.65. The number of benzene rings is 2. The molecule has 0 aliphatic carbocycles. The summed E-state index contributed by atoms with van der Waals surface area (Å²) in [5.41, 5.74) is 1.42. The summed E-state index contributed by atoms with van der Waals surface area (Å²) in [6.07, 6.45) is 0. The Kier molecular flexibility index (Phi) is 8.42. The molecule has 0 bridgehead atoms. The van der Waals surface area contributed by atoms with E-state index < -0.39 is 11.9 Å². The number of thiocarbonyl (C=S) groups is 1. The fourth-order valence-corrected chi connectivity index (χ4v) is 2.66. The van der Waals surface area contributed by atoms with E-state index in [0.29, 0.717) is 48.1 Å². The van der Waals surface area contributed by atoms with Crippen LogP contribution in [0.5, 0.6) is 11.5 Å². The molecule has 2 rings (SSSR count). The molecule has 29 heavy (non-hydrogen) atoms. The van der Waals surface area contributed by atoms with E-state index in [1.54, 1.807) is 49.4 Å². The van der Waals surface area contributed by atoms with E-state index in [2.05, 4.69) is 10.6 Å². The van der Waals surface area contributed by atoms with Crippen molar-refractivity contribution in [2.24, 2.45) is 0 Å². The lowest BCUT2D eigenvalue weighted by molar-refractivity contribution is 0.0526. The summed E-state index contributed by atoms with van der Waals surface area (Å²) in [6.45, 7) is 6.72. The molecule has 0 radical (unpaired) electrons. The summed E-state index contributed by atoms with van der Waals surface area (Å²) in [5, 5.41) is 5.65. The van der Waals surface area contributed by atoms with E-state index in [-0.39, 0.29) is 5.11 Å². The van der Waals surface area contributed by atoms with Gasteiger partial charge in [-0.1, -0.05) is 0 Å². The van der Waals surface area contributed by atoms with Crippen LogP contribution in [0.4, 0.5) is 5.69 Å². The van der Waals surface area contributed by atoms with Crippen LogP contribution in [0.25, 0.3) is 0 Å². The van der Waals surface area contributed by atoms with Crippen LogP contribution >= 0.6 is 12.2 Å². The minimum absolute atomic E-state index is 0.124. The maximum atomic E-state index is 12.6. The number of nitrogens with one attached hydrogen (secondary N) is 2. The van der Waals surface area contributed by atoms with Gasteiger partial charge in [0.05, 0.1) is 25.4 Å². The average Bonchev–Trinajstić information content (AvgIpc) is 2.69. The molecule has 154 valence electrons. The lowest BCUT2D eigenvalue weighted by Crippen LogP contribution is -2.34. The van der Waals surface area contributed by atoms with E-state index in [4.69, 9.17) is 26.4 Å². The van der Waals surface area contributed by atoms with Gasteiger partial charge in [0.2, 0.25) is 0 Å². The van der Waals surface area contributed by atoms with Crippen LogP contribution in [0.1, 0.15) is 41.5 Å². The van der Waals surface area contributed by atoms with Crippen LogP contribution < -0.4 is 20.1 Å². The van der Waals surface area contributed by atoms with Gasteiger partial charge in [0.25, 0.3) is 5.91 Å². The zero-order valence-corrected chi connectivity index (χ0v) is 17.4. The largest absolute Gasteiger partial charge is 0.494 e. The first-order valence-electron chi connectivity index (χ1n) is 9.27. The van der Waals surface area contributed by atoms with Crippen LogP contribution in [0.3, 0.4) is 0 Å². The number of hydrogen-bond acceptors (Lipinski definition) is 6. The zero-order chi connectivity index (χ0) is 21.2. The van der Waals surface area contributed by atoms with Crippen LogP contribution in [-0.2, 0) is 4.74 Å². The molecular weight excluding hydrogens is 392 g/mol. The highest BCUT2D eigenvalue weighted by Crippen LogP contribution is 2.23. The third-order valence-corrected chi connectivity index (χ3v) is 3.85. The Bertz CT molecular complexity index is 844. The van der Waals surface area contributed by atoms with E-state index in [1.807, 2.05) is 13.8 Å². The van der Waals surface area contributed by atoms with Crippen molar-refractivity contribution in [3.8, 4) is 11.5 Å². The van der Waals surface area contributed by atoms with Gasteiger partial charge in [-0.25, -0.2) is 4.79 Å². The Balaban J connectivity index is 2.03. The number of hydrogen-bond donors (Lipinski definition) is 2. The number of carbonyl (C=O) groups excluding carboxylic acids is 2. The van der Waals surface area contributed by atoms with Gasteiger partial charge in [-0.3, -0.25) is 10.1 Å². The van der Waals surface area contributed by atoms with Crippen molar-refractivity contribution in [2.45, 2.75) is 20.8 Å². The second-order valence-electron chi connectivity index (χ2n) is 5.77. The SMILES string of the molecule is CCOC(=O)c1ccc(NC(=S)NC(=O)c2cc(OCC)cc(OCC)c2)cc1. The van der Waals surface area contributed by atoms with Crippen molar-refractivity contribution < 1.29 is 23.8 Å². The van der Waals surface area contributed by atoms with Crippen LogP contribution in [0.15, 0.2) is 42.5 Å². The molecule has 2 aromatic rings. The molecule has 2 N–H and O–H groups in total. The molecule has 8 heteroatoms. The lowest BCUT2D eigenvalue weighted by atomic mass is 10.2. The molecule has 0 aliphatic rings. The Morgan fingerprint density at radius 3 is 1.97 bits per heavy atom. The summed E-state index contributed by atoms with van der Waals surface area (Å²) < 4.78 is 15.9. The second-order valence-corrected chi connectivity index (χ2v) is 6.17. The van der Waals surface area contributed by atoms with Gasteiger partial charge in [-0.2, -0.15) is 0 Å². The smallest absolute Gasteiger partial charge is 0.338 e. The molecule has 0 heterocycles. The van der Waals surface area contributed by atoms with Gasteiger partial charge in [-0.15, -0.1) is 0 Å². The van der Waals surface area contributed by atoms with E-state index in [0.717, 1.165) is 0 Å². The first-order chi connectivity index (χ1) is 14.0. The van der Waals surface area contributed by atoms with Crippen LogP contribution in [-0.4, -0.2) is 36.8 Å². The van der Waals surface area contributed by atoms with Crippen LogP contribution in [0.2, 0.25) is 0 Å². The number of anilines is 1. The molecule has 0 saturated heterocycles. The predicted octanol–water partition coefficient (Wildman–Crippen LogP) is 3.79. The summed E-state index contributed by atoms with van der Waals surface area (Å²) >= 11 is 5.21. The minimum Gasteiger partial charge on any atom is -0.494 e. The number of ether oxygens (including phenoxy) is 3. The summed E-state index contributed by atoms with van der Waals surface area (Å²) in [5.74, 6) is 0.288. The van der Waals surface area contributed by atoms with Crippen molar-refractivity contribution in [3.63, 3.8) is 0 Å². The van der Waals surface area contributed by atoms with Gasteiger partial charge in [0, 0.05) is 17.3 Å². The van der Waals surface area contributed by atoms with Gasteiger partial charge < -0.3 is 19.5 Å². The molecule has 0 unspecified atom stereocenters. The second kappa shape index (κ2) is 11.0. The monoisotopic (exact) mass is 416 g/mol. The maximum Gasteiger partial charge on any atom is 0.338 e. The Hall–Kier alpha value is -3.13. The number of esters is 1. The Morgan fingerprint density at radius 1 is 0.862 bits per heavy atom. The molecule has 1 amide bonds. The zero-order valence-electron chi connectivity index (χ0n) is 16.6. The molecular formula is C21H24N2O5S. The Morgan fingerprint density at radius 2 is 1.45 bits per heavy atom. The summed E-state index contributed by atoms with van der Waals surface area (Å²) in [4.78, 5) is 24.2. The van der Waals surface area contributed by atoms with Crippen LogP contribution in [0, 0.1) is 0 Å². The van der Waals surface area contributed by atoms with Gasteiger partial charge >= 0.3 is 5.97 Å². The first kappa shape index (κ1) is 22.2. The quantitative estimate of drug-likeness (QED) is 0.500. The lowest BCUT2D eigenvalue weighted by Gasteiger charge is -2.12. The predicted molar refractivity (Wildman–Crippen MR) is 115 cm³/mol. The Labute approximate surface area is 175 Å². The van der Waals surface area contributed by atoms with Gasteiger partial charge in [0.15, 0.2) is 5.11 Å². The molecule has 0 aromatic heterocycles. The molecule has 7 nitrogen and oxygen atoms in total. The average molecular weight is 416 g/mol.